The molecule has 8 heteroatoms. The number of hydrogen-bond acceptors (Lipinski definition) is 5. The van der Waals surface area contributed by atoms with Gasteiger partial charge in [-0.25, -0.2) is 10.1 Å². The van der Waals surface area contributed by atoms with Crippen LogP contribution in [0.15, 0.2) is 41.2 Å². The van der Waals surface area contributed by atoms with E-state index < -0.39 is 0 Å². The maximum atomic E-state index is 11.7. The number of hydrogen-bond donors (Lipinski definition) is 2. The minimum Gasteiger partial charge on any atom is -0.441 e. The summed E-state index contributed by atoms with van der Waals surface area (Å²) >= 11 is 6.11. The van der Waals surface area contributed by atoms with Gasteiger partial charge in [-0.15, -0.1) is 0 Å². The van der Waals surface area contributed by atoms with E-state index in [9.17, 15) is 4.79 Å². The smallest absolute Gasteiger partial charge is 0.227 e. The van der Waals surface area contributed by atoms with Crippen molar-refractivity contribution in [1.29, 1.82) is 0 Å². The number of anilines is 1. The summed E-state index contributed by atoms with van der Waals surface area (Å²) in [4.78, 5) is 19.7. The first-order valence-electron chi connectivity index (χ1n) is 6.57. The largest absolute Gasteiger partial charge is 0.441 e. The molecule has 0 aliphatic carbocycles. The van der Waals surface area contributed by atoms with Crippen LogP contribution in [0.3, 0.4) is 0 Å². The fourth-order valence-electron chi connectivity index (χ4n) is 1.89. The molecule has 0 bridgehead atoms. The molecule has 0 aliphatic rings. The van der Waals surface area contributed by atoms with Crippen LogP contribution in [0, 0.1) is 0 Å². The minimum atomic E-state index is -0.200. The molecule has 3 rings (SSSR count). The molecular weight excluding hydrogens is 306 g/mol. The zero-order valence-corrected chi connectivity index (χ0v) is 12.2. The normalized spacial score (nSPS) is 10.6. The van der Waals surface area contributed by atoms with E-state index >= 15 is 0 Å². The van der Waals surface area contributed by atoms with Crippen LogP contribution in [0.1, 0.15) is 12.3 Å². The number of aromatic amines is 1. The predicted molar refractivity (Wildman–Crippen MR) is 80.3 cm³/mol. The highest BCUT2D eigenvalue weighted by molar-refractivity contribution is 6.33. The van der Waals surface area contributed by atoms with Gasteiger partial charge in [0.2, 0.25) is 11.9 Å². The summed E-state index contributed by atoms with van der Waals surface area (Å²) in [7, 11) is 0. The van der Waals surface area contributed by atoms with Crippen LogP contribution < -0.4 is 5.32 Å². The number of halogens is 1. The molecule has 3 aromatic rings. The lowest BCUT2D eigenvalue weighted by molar-refractivity contribution is -0.116. The number of nitrogens with zero attached hydrogens (tertiary/aromatic N) is 3. The Labute approximate surface area is 130 Å². The van der Waals surface area contributed by atoms with Gasteiger partial charge >= 0.3 is 0 Å². The van der Waals surface area contributed by atoms with Crippen molar-refractivity contribution in [3.63, 3.8) is 0 Å². The van der Waals surface area contributed by atoms with Crippen LogP contribution in [0.4, 0.5) is 5.95 Å². The number of aryl methyl sites for hydroxylation is 1. The highest BCUT2D eigenvalue weighted by atomic mass is 35.5. The molecule has 7 nitrogen and oxygen atoms in total. The van der Waals surface area contributed by atoms with E-state index in [1.807, 2.05) is 18.2 Å². The minimum absolute atomic E-state index is 0.200. The number of aromatic nitrogens is 4. The number of rotatable bonds is 5. The molecule has 1 aromatic carbocycles. The summed E-state index contributed by atoms with van der Waals surface area (Å²) < 4.78 is 5.62. The van der Waals surface area contributed by atoms with Gasteiger partial charge in [-0.2, -0.15) is 10.1 Å². The molecule has 0 atom stereocenters. The molecule has 2 aromatic heterocycles. The van der Waals surface area contributed by atoms with Crippen LogP contribution in [0.5, 0.6) is 0 Å². The first-order valence-corrected chi connectivity index (χ1v) is 6.95. The maximum absolute atomic E-state index is 11.7. The van der Waals surface area contributed by atoms with Gasteiger partial charge in [0.05, 0.1) is 11.2 Å². The molecule has 22 heavy (non-hydrogen) atoms. The molecule has 0 radical (unpaired) electrons. The average Bonchev–Trinajstić information content (AvgIpc) is 3.17. The third-order valence-corrected chi connectivity index (χ3v) is 3.26. The van der Waals surface area contributed by atoms with E-state index in [4.69, 9.17) is 16.0 Å². The Morgan fingerprint density at radius 1 is 1.32 bits per heavy atom. The first-order chi connectivity index (χ1) is 10.7. The molecule has 0 fully saturated rings. The van der Waals surface area contributed by atoms with Crippen molar-refractivity contribution in [3.8, 4) is 11.3 Å². The van der Waals surface area contributed by atoms with Crippen molar-refractivity contribution in [3.05, 3.63) is 47.7 Å². The van der Waals surface area contributed by atoms with Gasteiger partial charge in [0.25, 0.3) is 0 Å². The van der Waals surface area contributed by atoms with Gasteiger partial charge in [0, 0.05) is 18.4 Å². The number of H-pyrrole nitrogens is 1. The highest BCUT2D eigenvalue weighted by Gasteiger charge is 2.11. The molecule has 1 amide bonds. The topological polar surface area (TPSA) is 96.7 Å². The predicted octanol–water partition coefficient (Wildman–Crippen LogP) is 2.68. The van der Waals surface area contributed by atoms with Crippen LogP contribution in [0.25, 0.3) is 11.3 Å². The van der Waals surface area contributed by atoms with E-state index in [1.165, 1.54) is 6.33 Å². The quantitative estimate of drug-likeness (QED) is 0.754. The Morgan fingerprint density at radius 3 is 2.95 bits per heavy atom. The first kappa shape index (κ1) is 14.3. The van der Waals surface area contributed by atoms with E-state index in [2.05, 4.69) is 25.5 Å². The number of amides is 1. The second-order valence-electron chi connectivity index (χ2n) is 4.48. The van der Waals surface area contributed by atoms with Gasteiger partial charge < -0.3 is 4.42 Å². The number of carbonyl (C=O) groups excluding carboxylic acids is 1. The molecule has 112 valence electrons. The number of oxazole rings is 1. The van der Waals surface area contributed by atoms with Crippen LogP contribution in [0.2, 0.25) is 5.02 Å². The number of benzene rings is 1. The van der Waals surface area contributed by atoms with Gasteiger partial charge in [-0.1, -0.05) is 23.7 Å². The Hall–Kier alpha value is -2.67. The fraction of sp³-hybridized carbons (Fsp3) is 0.143. The van der Waals surface area contributed by atoms with Crippen LogP contribution in [-0.2, 0) is 11.2 Å². The van der Waals surface area contributed by atoms with Crippen molar-refractivity contribution in [2.45, 2.75) is 12.8 Å². The standard InChI is InChI=1S/C14H12ClN5O2/c15-10-4-2-1-3-9(10)11-7-16-13(22-11)6-5-12(21)19-14-17-8-18-20-14/h1-4,7-8H,5-6H2,(H2,17,18,19,20,21). The SMILES string of the molecule is O=C(CCc1ncc(-c2ccccc2Cl)o1)Nc1ncn[nH]1. The molecule has 2 heterocycles. The van der Waals surface area contributed by atoms with E-state index in [-0.39, 0.29) is 12.3 Å². The zero-order valence-electron chi connectivity index (χ0n) is 11.4. The van der Waals surface area contributed by atoms with E-state index in [0.717, 1.165) is 5.56 Å². The lowest BCUT2D eigenvalue weighted by Gasteiger charge is -2.00. The monoisotopic (exact) mass is 317 g/mol. The lowest BCUT2D eigenvalue weighted by atomic mass is 10.2. The van der Waals surface area contributed by atoms with Crippen molar-refractivity contribution in [2.75, 3.05) is 5.32 Å². The summed E-state index contributed by atoms with van der Waals surface area (Å²) in [6, 6.07) is 7.35. The highest BCUT2D eigenvalue weighted by Crippen LogP contribution is 2.28. The van der Waals surface area contributed by atoms with Gasteiger partial charge in [-0.05, 0) is 12.1 Å². The van der Waals surface area contributed by atoms with Gasteiger partial charge in [0.15, 0.2) is 11.7 Å². The summed E-state index contributed by atoms with van der Waals surface area (Å²) in [5.74, 6) is 1.17. The zero-order chi connectivity index (χ0) is 15.4. The fourth-order valence-corrected chi connectivity index (χ4v) is 2.12. The molecule has 0 spiro atoms. The Bertz CT molecular complexity index is 769. The van der Waals surface area contributed by atoms with Crippen molar-refractivity contribution in [1.82, 2.24) is 20.2 Å². The molecule has 0 saturated heterocycles. The van der Waals surface area contributed by atoms with Crippen LogP contribution in [-0.4, -0.2) is 26.1 Å². The Kier molecular flexibility index (Phi) is 4.15. The van der Waals surface area contributed by atoms with Crippen molar-refractivity contribution in [2.24, 2.45) is 0 Å². The maximum Gasteiger partial charge on any atom is 0.227 e. The van der Waals surface area contributed by atoms with Crippen molar-refractivity contribution < 1.29 is 9.21 Å². The molecule has 0 unspecified atom stereocenters. The van der Waals surface area contributed by atoms with Gasteiger partial charge in [0.1, 0.15) is 6.33 Å². The van der Waals surface area contributed by atoms with Crippen LogP contribution >= 0.6 is 11.6 Å². The lowest BCUT2D eigenvalue weighted by Crippen LogP contribution is -2.13. The summed E-state index contributed by atoms with van der Waals surface area (Å²) in [6.07, 6.45) is 3.53. The Balaban J connectivity index is 1.60. The molecule has 0 saturated carbocycles. The van der Waals surface area contributed by atoms with Gasteiger partial charge in [-0.3, -0.25) is 10.1 Å². The number of nitrogens with one attached hydrogen (secondary N) is 2. The Morgan fingerprint density at radius 2 is 2.18 bits per heavy atom. The summed E-state index contributed by atoms with van der Waals surface area (Å²) in [5, 5.41) is 9.37. The number of carbonyl (C=O) groups is 1. The second-order valence-corrected chi connectivity index (χ2v) is 4.89. The van der Waals surface area contributed by atoms with E-state index in [1.54, 1.807) is 12.3 Å². The summed E-state index contributed by atoms with van der Waals surface area (Å²) in [6.45, 7) is 0. The molecule has 0 aliphatic heterocycles. The molecular formula is C14H12ClN5O2. The van der Waals surface area contributed by atoms with Crippen molar-refractivity contribution >= 4 is 23.5 Å². The second kappa shape index (κ2) is 6.40. The molecule has 2 N–H and O–H groups in total. The third-order valence-electron chi connectivity index (χ3n) is 2.93. The van der Waals surface area contributed by atoms with E-state index in [0.29, 0.717) is 29.0 Å². The third kappa shape index (κ3) is 3.32. The summed E-state index contributed by atoms with van der Waals surface area (Å²) in [5.41, 5.74) is 0.772. The average molecular weight is 318 g/mol.